The molecule has 0 aliphatic carbocycles. The van der Waals surface area contributed by atoms with Gasteiger partial charge in [-0.15, -0.1) is 6.58 Å². The van der Waals surface area contributed by atoms with Gasteiger partial charge >= 0.3 is 0 Å². The fourth-order valence-electron chi connectivity index (χ4n) is 2.31. The molecule has 0 atom stereocenters. The normalized spacial score (nSPS) is 12.0. The number of rotatable bonds is 9. The predicted molar refractivity (Wildman–Crippen MR) is 114 cm³/mol. The minimum Gasteiger partial charge on any atom is -0.373 e. The lowest BCUT2D eigenvalue weighted by Gasteiger charge is -2.15. The number of fused-ring (bicyclic) bond motifs is 1. The second kappa shape index (κ2) is 8.93. The molecular weight excluding hydrogens is 499 g/mol. The molecule has 0 aliphatic heterocycles. The molecule has 2 aromatic rings. The van der Waals surface area contributed by atoms with Gasteiger partial charge < -0.3 is 9.47 Å². The molecule has 0 unspecified atom stereocenters. The number of hydrogen-bond acceptors (Lipinski definition) is 3. The molecule has 132 valence electrons. The van der Waals surface area contributed by atoms with Gasteiger partial charge in [-0.3, -0.25) is 0 Å². The molecule has 0 spiro atoms. The fourth-order valence-corrected chi connectivity index (χ4v) is 4.25. The maximum absolute atomic E-state index is 5.89. The molecular formula is C17H24BrIN2O2Si. The number of hydrogen-bond donors (Lipinski definition) is 0. The van der Waals surface area contributed by atoms with Gasteiger partial charge in [0.15, 0.2) is 0 Å². The van der Waals surface area contributed by atoms with Crippen molar-refractivity contribution < 1.29 is 9.47 Å². The number of benzene rings is 1. The summed E-state index contributed by atoms with van der Waals surface area (Å²) < 4.78 is 15.5. The maximum atomic E-state index is 5.89. The Morgan fingerprint density at radius 2 is 2.08 bits per heavy atom. The number of aromatic nitrogens is 2. The average molecular weight is 523 g/mol. The second-order valence-electron chi connectivity index (χ2n) is 6.90. The summed E-state index contributed by atoms with van der Waals surface area (Å²) in [6, 6.07) is 5.34. The van der Waals surface area contributed by atoms with Gasteiger partial charge in [0.2, 0.25) is 0 Å². The van der Waals surface area contributed by atoms with E-state index in [0.29, 0.717) is 19.9 Å². The minimum atomic E-state index is -1.08. The molecule has 0 N–H and O–H groups in total. The molecule has 4 nitrogen and oxygen atoms in total. The summed E-state index contributed by atoms with van der Waals surface area (Å²) in [5.74, 6) is 0. The summed E-state index contributed by atoms with van der Waals surface area (Å²) in [6.07, 6.45) is 1.76. The lowest BCUT2D eigenvalue weighted by molar-refractivity contribution is 0.0809. The Morgan fingerprint density at radius 3 is 2.75 bits per heavy atom. The lowest BCUT2D eigenvalue weighted by Crippen LogP contribution is -2.22. The van der Waals surface area contributed by atoms with Gasteiger partial charge in [-0.1, -0.05) is 41.6 Å². The first-order chi connectivity index (χ1) is 11.3. The smallest absolute Gasteiger partial charge is 0.140 e. The van der Waals surface area contributed by atoms with Crippen LogP contribution < -0.4 is 0 Å². The minimum absolute atomic E-state index is 0.472. The Labute approximate surface area is 166 Å². The van der Waals surface area contributed by atoms with Crippen LogP contribution in [0.1, 0.15) is 5.56 Å². The lowest BCUT2D eigenvalue weighted by atomic mass is 10.1. The molecule has 0 fully saturated rings. The van der Waals surface area contributed by atoms with E-state index >= 15 is 0 Å². The summed E-state index contributed by atoms with van der Waals surface area (Å²) in [4.78, 5) is 0. The largest absolute Gasteiger partial charge is 0.373 e. The van der Waals surface area contributed by atoms with Crippen LogP contribution in [-0.2, 0) is 22.8 Å². The molecule has 24 heavy (non-hydrogen) atoms. The van der Waals surface area contributed by atoms with Crippen LogP contribution in [0.3, 0.4) is 0 Å². The van der Waals surface area contributed by atoms with Crippen molar-refractivity contribution in [3.63, 3.8) is 0 Å². The van der Waals surface area contributed by atoms with Gasteiger partial charge in [-0.2, -0.15) is 5.10 Å². The van der Waals surface area contributed by atoms with E-state index in [1.807, 2.05) is 4.68 Å². The van der Waals surface area contributed by atoms with E-state index in [2.05, 4.69) is 82.0 Å². The molecule has 0 amide bonds. The van der Waals surface area contributed by atoms with Crippen molar-refractivity contribution in [3.8, 4) is 0 Å². The van der Waals surface area contributed by atoms with Crippen molar-refractivity contribution in [1.82, 2.24) is 9.78 Å². The molecule has 0 bridgehead atoms. The third kappa shape index (κ3) is 5.65. The summed E-state index contributed by atoms with van der Waals surface area (Å²) in [7, 11) is -1.08. The number of halogens is 2. The highest BCUT2D eigenvalue weighted by Gasteiger charge is 2.15. The van der Waals surface area contributed by atoms with E-state index in [0.717, 1.165) is 37.3 Å². The monoisotopic (exact) mass is 522 g/mol. The van der Waals surface area contributed by atoms with E-state index in [-0.39, 0.29) is 0 Å². The van der Waals surface area contributed by atoms with Crippen molar-refractivity contribution in [2.45, 2.75) is 39.0 Å². The second-order valence-corrected chi connectivity index (χ2v) is 14.5. The molecule has 1 heterocycles. The van der Waals surface area contributed by atoms with Gasteiger partial charge in [-0.05, 0) is 40.8 Å². The number of nitrogens with zero attached hydrogens (tertiary/aromatic N) is 2. The van der Waals surface area contributed by atoms with Crippen LogP contribution in [0.25, 0.3) is 10.9 Å². The van der Waals surface area contributed by atoms with Crippen LogP contribution in [0.4, 0.5) is 0 Å². The van der Waals surface area contributed by atoms with Crippen LogP contribution in [0.5, 0.6) is 0 Å². The topological polar surface area (TPSA) is 36.3 Å². The Hall–Kier alpha value is -0.223. The van der Waals surface area contributed by atoms with E-state index in [1.54, 1.807) is 6.08 Å². The summed E-state index contributed by atoms with van der Waals surface area (Å²) in [6.45, 7) is 13.1. The quantitative estimate of drug-likeness (QED) is 0.191. The summed E-state index contributed by atoms with van der Waals surface area (Å²) in [5.41, 5.74) is 2.19. The zero-order chi connectivity index (χ0) is 17.7. The van der Waals surface area contributed by atoms with Gasteiger partial charge in [0.1, 0.15) is 10.4 Å². The molecule has 0 saturated carbocycles. The van der Waals surface area contributed by atoms with Crippen molar-refractivity contribution >= 4 is 57.5 Å². The van der Waals surface area contributed by atoms with Gasteiger partial charge in [0.05, 0.1) is 18.7 Å². The third-order valence-electron chi connectivity index (χ3n) is 3.55. The van der Waals surface area contributed by atoms with E-state index in [1.165, 1.54) is 0 Å². The van der Waals surface area contributed by atoms with E-state index in [9.17, 15) is 0 Å². The highest BCUT2D eigenvalue weighted by Crippen LogP contribution is 2.28. The molecule has 7 heteroatoms. The predicted octanol–water partition coefficient (Wildman–Crippen LogP) is 5.42. The summed E-state index contributed by atoms with van der Waals surface area (Å²) >= 11 is 5.85. The van der Waals surface area contributed by atoms with E-state index in [4.69, 9.17) is 9.47 Å². The van der Waals surface area contributed by atoms with E-state index < -0.39 is 8.07 Å². The highest BCUT2D eigenvalue weighted by atomic mass is 127. The first-order valence-corrected chi connectivity index (χ1v) is 13.5. The van der Waals surface area contributed by atoms with Crippen LogP contribution in [0.2, 0.25) is 25.7 Å². The molecule has 0 saturated heterocycles. The van der Waals surface area contributed by atoms with Crippen LogP contribution >= 0.6 is 38.5 Å². The molecule has 0 radical (unpaired) electrons. The molecule has 0 aliphatic rings. The maximum Gasteiger partial charge on any atom is 0.140 e. The Balaban J connectivity index is 2.21. The van der Waals surface area contributed by atoms with Crippen molar-refractivity contribution in [2.75, 3.05) is 13.2 Å². The Kier molecular flexibility index (Phi) is 7.48. The highest BCUT2D eigenvalue weighted by molar-refractivity contribution is 14.1. The average Bonchev–Trinajstić information content (AvgIpc) is 2.79. The van der Waals surface area contributed by atoms with Gasteiger partial charge in [0, 0.05) is 30.1 Å². The van der Waals surface area contributed by atoms with Crippen LogP contribution in [0.15, 0.2) is 29.3 Å². The number of ether oxygens (including phenoxy) is 2. The van der Waals surface area contributed by atoms with Gasteiger partial charge in [0.25, 0.3) is 0 Å². The first-order valence-electron chi connectivity index (χ1n) is 7.92. The van der Waals surface area contributed by atoms with Crippen molar-refractivity contribution in [2.24, 2.45) is 0 Å². The van der Waals surface area contributed by atoms with Crippen LogP contribution in [0, 0.1) is 3.70 Å². The first kappa shape index (κ1) is 20.1. The Bertz CT molecular complexity index is 713. The Morgan fingerprint density at radius 1 is 1.33 bits per heavy atom. The third-order valence-corrected chi connectivity index (χ3v) is 6.50. The van der Waals surface area contributed by atoms with Crippen molar-refractivity contribution in [3.05, 3.63) is 38.5 Å². The zero-order valence-corrected chi connectivity index (χ0v) is 19.2. The molecule has 1 aromatic carbocycles. The zero-order valence-electron chi connectivity index (χ0n) is 14.4. The standard InChI is InChI=1S/C17H24BrIN2O2Si/c1-5-6-22-11-13-9-14(18)10-15-16(13)21(20-17(15)19)12-23-7-8-24(2,3)4/h5,9-10H,1,6-8,11-12H2,2-4H3. The SMILES string of the molecule is C=CCOCc1cc(Br)cc2c(I)nn(COCC[Si](C)(C)C)c12. The summed E-state index contributed by atoms with van der Waals surface area (Å²) in [5, 5.41) is 5.77. The van der Waals surface area contributed by atoms with Crippen molar-refractivity contribution in [1.29, 1.82) is 0 Å². The fraction of sp³-hybridized carbons (Fsp3) is 0.471. The van der Waals surface area contributed by atoms with Gasteiger partial charge in [-0.25, -0.2) is 4.68 Å². The van der Waals surface area contributed by atoms with Crippen LogP contribution in [-0.4, -0.2) is 31.1 Å². The molecule has 1 aromatic heterocycles. The molecule has 2 rings (SSSR count).